The van der Waals surface area contributed by atoms with Crippen molar-refractivity contribution in [2.45, 2.75) is 103 Å². The summed E-state index contributed by atoms with van der Waals surface area (Å²) >= 11 is 0. The van der Waals surface area contributed by atoms with Crippen LogP contribution < -0.4 is 0 Å². The lowest BCUT2D eigenvalue weighted by Gasteiger charge is -2.46. The number of hydrogen-bond acceptors (Lipinski definition) is 5. The van der Waals surface area contributed by atoms with E-state index in [9.17, 15) is 0 Å². The summed E-state index contributed by atoms with van der Waals surface area (Å²) in [6, 6.07) is 3.42. The molecule has 33 heavy (non-hydrogen) atoms. The summed E-state index contributed by atoms with van der Waals surface area (Å²) in [6.07, 6.45) is 16.9. The van der Waals surface area contributed by atoms with Crippen molar-refractivity contribution >= 4 is 50.9 Å². The molecule has 0 aliphatic carbocycles. The maximum absolute atomic E-state index is 6.97. The SMILES string of the molecule is C#CC[Si](C)(C)O[Si](C)(C)O[Si](C)(O[Si](C)(C)CC#C)O[Si](CC)(CC)O[Si](C)(C)CC#C. The van der Waals surface area contributed by atoms with Gasteiger partial charge in [0.1, 0.15) is 0 Å². The quantitative estimate of drug-likeness (QED) is 0.173. The summed E-state index contributed by atoms with van der Waals surface area (Å²) in [5.41, 5.74) is 0. The fourth-order valence-electron chi connectivity index (χ4n) is 3.94. The van der Waals surface area contributed by atoms with E-state index in [4.69, 9.17) is 39.8 Å². The van der Waals surface area contributed by atoms with Gasteiger partial charge in [0, 0.05) is 24.7 Å². The van der Waals surface area contributed by atoms with Gasteiger partial charge in [-0.3, -0.25) is 0 Å². The van der Waals surface area contributed by atoms with E-state index in [2.05, 4.69) is 70.9 Å². The molecule has 0 saturated heterocycles. The van der Waals surface area contributed by atoms with Crippen LogP contribution in [0.2, 0.25) is 89.1 Å². The Morgan fingerprint density at radius 2 is 0.879 bits per heavy atom. The molecule has 0 aromatic rings. The number of terminal acetylenes is 3. The fourth-order valence-corrected chi connectivity index (χ4v) is 31.4. The molecule has 5 nitrogen and oxygen atoms in total. The van der Waals surface area contributed by atoms with E-state index < -0.39 is 50.9 Å². The van der Waals surface area contributed by atoms with Gasteiger partial charge in [-0.1, -0.05) is 13.8 Å². The fraction of sp³-hybridized carbons (Fsp3) is 0.727. The summed E-state index contributed by atoms with van der Waals surface area (Å²) in [5, 5.41) is 0. The largest absolute Gasteiger partial charge is 0.469 e. The van der Waals surface area contributed by atoms with E-state index in [0.717, 1.165) is 12.1 Å². The third kappa shape index (κ3) is 12.3. The first-order chi connectivity index (χ1) is 14.8. The molecular formula is C22H46O5Si6. The molecule has 188 valence electrons. The van der Waals surface area contributed by atoms with Crippen molar-refractivity contribution in [3.63, 3.8) is 0 Å². The second-order valence-corrected chi connectivity index (χ2v) is 34.3. The third-order valence-electron chi connectivity index (χ3n) is 4.91. The van der Waals surface area contributed by atoms with E-state index in [0.29, 0.717) is 18.1 Å². The highest BCUT2D eigenvalue weighted by atomic mass is 28.5. The van der Waals surface area contributed by atoms with Crippen molar-refractivity contribution < 1.29 is 20.6 Å². The van der Waals surface area contributed by atoms with Crippen molar-refractivity contribution in [2.24, 2.45) is 0 Å². The van der Waals surface area contributed by atoms with Crippen LogP contribution in [0.5, 0.6) is 0 Å². The standard InChI is InChI=1S/C22H46O5Si6/c1-15-20-28(6,7)23-31(12,13)26-32(14,24-29(8,9)21-16-2)27-33(18-4,19-5)25-30(10,11)22-17-3/h1-3H,18-22H2,4-14H3. The average Bonchev–Trinajstić information content (AvgIpc) is 2.57. The maximum Gasteiger partial charge on any atom is 0.469 e. The Labute approximate surface area is 210 Å². The first kappa shape index (κ1) is 32.8. The minimum absolute atomic E-state index is 0.577. The van der Waals surface area contributed by atoms with Crippen molar-refractivity contribution in [1.29, 1.82) is 0 Å². The number of rotatable bonds is 15. The summed E-state index contributed by atoms with van der Waals surface area (Å²) in [5.74, 6) is 8.31. The molecule has 0 saturated carbocycles. The predicted octanol–water partition coefficient (Wildman–Crippen LogP) is 6.34. The molecule has 0 amide bonds. The third-order valence-corrected chi connectivity index (χ3v) is 28.2. The average molecular weight is 559 g/mol. The predicted molar refractivity (Wildman–Crippen MR) is 155 cm³/mol. The van der Waals surface area contributed by atoms with Crippen molar-refractivity contribution in [3.8, 4) is 37.0 Å². The van der Waals surface area contributed by atoms with Crippen LogP contribution in [0, 0.1) is 37.0 Å². The Balaban J connectivity index is 6.24. The van der Waals surface area contributed by atoms with Gasteiger partial charge in [0.05, 0.1) is 0 Å². The van der Waals surface area contributed by atoms with Crippen LogP contribution in [-0.2, 0) is 20.6 Å². The van der Waals surface area contributed by atoms with Crippen LogP contribution in [0.4, 0.5) is 0 Å². The summed E-state index contributed by atoms with van der Waals surface area (Å²) in [4.78, 5) is 0. The minimum Gasteiger partial charge on any atom is -0.436 e. The molecule has 0 N–H and O–H groups in total. The van der Waals surface area contributed by atoms with Crippen LogP contribution in [0.3, 0.4) is 0 Å². The van der Waals surface area contributed by atoms with E-state index in [1.54, 1.807) is 0 Å². The number of hydrogen-bond donors (Lipinski definition) is 0. The zero-order valence-corrected chi connectivity index (χ0v) is 28.8. The molecule has 0 aliphatic rings. The smallest absolute Gasteiger partial charge is 0.436 e. The molecule has 1 atom stereocenters. The molecule has 0 aromatic carbocycles. The van der Waals surface area contributed by atoms with Crippen molar-refractivity contribution in [3.05, 3.63) is 0 Å². The minimum atomic E-state index is -3.20. The molecule has 0 heterocycles. The summed E-state index contributed by atoms with van der Waals surface area (Å²) in [6.45, 7) is 23.1. The second kappa shape index (κ2) is 12.7. The van der Waals surface area contributed by atoms with Gasteiger partial charge in [0.2, 0.25) is 0 Å². The van der Waals surface area contributed by atoms with Gasteiger partial charge in [0.25, 0.3) is 0 Å². The van der Waals surface area contributed by atoms with Crippen LogP contribution in [-0.4, -0.2) is 50.9 Å². The molecule has 0 bridgehead atoms. The van der Waals surface area contributed by atoms with Gasteiger partial charge >= 0.3 is 25.9 Å². The molecule has 0 radical (unpaired) electrons. The lowest BCUT2D eigenvalue weighted by molar-refractivity contribution is 0.210. The molecule has 0 aliphatic heterocycles. The second-order valence-electron chi connectivity index (χ2n) is 10.8. The molecule has 0 spiro atoms. The van der Waals surface area contributed by atoms with E-state index in [1.165, 1.54) is 0 Å². The van der Waals surface area contributed by atoms with Crippen LogP contribution in [0.25, 0.3) is 0 Å². The van der Waals surface area contributed by atoms with Crippen LogP contribution >= 0.6 is 0 Å². The van der Waals surface area contributed by atoms with Gasteiger partial charge in [-0.25, -0.2) is 0 Å². The Morgan fingerprint density at radius 1 is 0.515 bits per heavy atom. The highest BCUT2D eigenvalue weighted by Gasteiger charge is 2.54. The monoisotopic (exact) mass is 558 g/mol. The van der Waals surface area contributed by atoms with E-state index >= 15 is 0 Å². The van der Waals surface area contributed by atoms with Gasteiger partial charge in [-0.15, -0.1) is 37.0 Å². The van der Waals surface area contributed by atoms with Gasteiger partial charge < -0.3 is 20.6 Å². The summed E-state index contributed by atoms with van der Waals surface area (Å²) < 4.78 is 33.9. The molecule has 0 aromatic heterocycles. The van der Waals surface area contributed by atoms with Crippen molar-refractivity contribution in [2.75, 3.05) is 0 Å². The highest BCUT2D eigenvalue weighted by Crippen LogP contribution is 2.34. The first-order valence-corrected chi connectivity index (χ1v) is 28.3. The Bertz CT molecular complexity index is 759. The maximum atomic E-state index is 6.97. The first-order valence-electron chi connectivity index (χ1n) is 11.6. The van der Waals surface area contributed by atoms with Crippen LogP contribution in [0.1, 0.15) is 13.8 Å². The molecule has 11 heteroatoms. The van der Waals surface area contributed by atoms with Gasteiger partial charge in [-0.05, 0) is 64.5 Å². The Hall–Kier alpha value is -0.219. The van der Waals surface area contributed by atoms with Crippen molar-refractivity contribution in [1.82, 2.24) is 0 Å². The lowest BCUT2D eigenvalue weighted by Crippen LogP contribution is -2.64. The van der Waals surface area contributed by atoms with E-state index in [-0.39, 0.29) is 0 Å². The highest BCUT2D eigenvalue weighted by molar-refractivity contribution is 6.92. The van der Waals surface area contributed by atoms with Gasteiger partial charge in [-0.2, -0.15) is 0 Å². The lowest BCUT2D eigenvalue weighted by atomic mass is 10.8. The summed E-state index contributed by atoms with van der Waals surface area (Å²) in [7, 11) is -14.9. The normalized spacial score (nSPS) is 15.3. The molecule has 1 unspecified atom stereocenters. The zero-order valence-electron chi connectivity index (χ0n) is 22.8. The molecular weight excluding hydrogens is 513 g/mol. The molecule has 0 rings (SSSR count). The Kier molecular flexibility index (Phi) is 12.6. The molecule has 0 fully saturated rings. The Morgan fingerprint density at radius 3 is 1.24 bits per heavy atom. The topological polar surface area (TPSA) is 46.2 Å². The van der Waals surface area contributed by atoms with E-state index in [1.807, 2.05) is 19.6 Å². The van der Waals surface area contributed by atoms with Gasteiger partial charge in [0.15, 0.2) is 25.0 Å². The van der Waals surface area contributed by atoms with Crippen LogP contribution in [0.15, 0.2) is 0 Å². The zero-order chi connectivity index (χ0) is 26.2.